The van der Waals surface area contributed by atoms with Gasteiger partial charge >= 0.3 is 5.97 Å². The zero-order valence-corrected chi connectivity index (χ0v) is 15.9. The minimum Gasteiger partial charge on any atom is -0.507 e. The summed E-state index contributed by atoms with van der Waals surface area (Å²) in [5.41, 5.74) is 2.27. The molecule has 1 saturated heterocycles. The summed E-state index contributed by atoms with van der Waals surface area (Å²) in [6.45, 7) is 4.51. The molecule has 2 heterocycles. The number of hydrogen-bond donors (Lipinski definition) is 2. The second kappa shape index (κ2) is 7.86. The fraction of sp³-hybridized carbons (Fsp3) is 0.273. The van der Waals surface area contributed by atoms with Crippen LogP contribution in [0.1, 0.15) is 15.9 Å². The summed E-state index contributed by atoms with van der Waals surface area (Å²) in [5.74, 6) is -0.468. The van der Waals surface area contributed by atoms with Crippen LogP contribution in [-0.4, -0.2) is 44.4 Å². The van der Waals surface area contributed by atoms with Crippen LogP contribution in [-0.2, 0) is 11.3 Å². The van der Waals surface area contributed by atoms with Crippen molar-refractivity contribution in [1.29, 1.82) is 0 Å². The smallest absolute Gasteiger partial charge is 0.341 e. The van der Waals surface area contributed by atoms with E-state index in [0.29, 0.717) is 6.54 Å². The van der Waals surface area contributed by atoms with Crippen LogP contribution in [0.15, 0.2) is 54.9 Å². The fourth-order valence-electron chi connectivity index (χ4n) is 3.95. The second-order valence-corrected chi connectivity index (χ2v) is 7.14. The van der Waals surface area contributed by atoms with Gasteiger partial charge in [-0.25, -0.2) is 9.78 Å². The van der Waals surface area contributed by atoms with Crippen molar-refractivity contribution in [3.8, 4) is 5.75 Å². The van der Waals surface area contributed by atoms with Crippen molar-refractivity contribution in [2.45, 2.75) is 6.54 Å². The lowest BCUT2D eigenvalue weighted by Crippen LogP contribution is -3.13. The van der Waals surface area contributed by atoms with Gasteiger partial charge in [-0.1, -0.05) is 24.3 Å². The van der Waals surface area contributed by atoms with Gasteiger partial charge in [0.2, 0.25) is 0 Å². The first kappa shape index (κ1) is 18.3. The Bertz CT molecular complexity index is 983. The average Bonchev–Trinajstić information content (AvgIpc) is 2.76. The van der Waals surface area contributed by atoms with Gasteiger partial charge in [0, 0.05) is 17.8 Å². The largest absolute Gasteiger partial charge is 0.507 e. The van der Waals surface area contributed by atoms with E-state index in [4.69, 9.17) is 4.74 Å². The van der Waals surface area contributed by atoms with Gasteiger partial charge in [0.15, 0.2) is 12.4 Å². The van der Waals surface area contributed by atoms with Gasteiger partial charge in [-0.15, -0.1) is 0 Å². The topological polar surface area (TPSA) is 68.4 Å². The third-order valence-electron chi connectivity index (χ3n) is 5.50. The number of phenols is 1. The number of esters is 1. The molecule has 3 N–H and O–H groups in total. The normalized spacial score (nSPS) is 15.0. The van der Waals surface area contributed by atoms with Crippen molar-refractivity contribution in [1.82, 2.24) is 0 Å². The number of rotatable bonds is 4. The maximum absolute atomic E-state index is 12.1. The highest BCUT2D eigenvalue weighted by Gasteiger charge is 2.25. The van der Waals surface area contributed by atoms with Crippen molar-refractivity contribution in [2.75, 3.05) is 38.2 Å². The van der Waals surface area contributed by atoms with E-state index in [2.05, 4.69) is 22.0 Å². The van der Waals surface area contributed by atoms with Crippen LogP contribution in [0.25, 0.3) is 10.8 Å². The third-order valence-corrected chi connectivity index (χ3v) is 5.50. The number of piperazine rings is 1. The van der Waals surface area contributed by atoms with Gasteiger partial charge in [0.05, 0.1) is 38.9 Å². The lowest BCUT2D eigenvalue weighted by molar-refractivity contribution is -0.914. The number of quaternary nitrogens is 1. The lowest BCUT2D eigenvalue weighted by Gasteiger charge is -2.33. The van der Waals surface area contributed by atoms with E-state index in [1.807, 2.05) is 36.7 Å². The Balaban J connectivity index is 1.58. The number of nitrogens with one attached hydrogen (secondary N) is 2. The number of nitrogens with zero attached hydrogens (tertiary/aromatic N) is 1. The molecule has 1 aliphatic rings. The van der Waals surface area contributed by atoms with Crippen LogP contribution >= 0.6 is 0 Å². The van der Waals surface area contributed by atoms with E-state index in [9.17, 15) is 9.90 Å². The molecule has 0 aliphatic carbocycles. The Morgan fingerprint density at radius 1 is 1.18 bits per heavy atom. The van der Waals surface area contributed by atoms with E-state index in [1.54, 1.807) is 6.07 Å². The predicted molar refractivity (Wildman–Crippen MR) is 107 cm³/mol. The van der Waals surface area contributed by atoms with Crippen LogP contribution in [0, 0.1) is 0 Å². The number of H-pyrrole nitrogens is 1. The number of hydrogen-bond acceptors (Lipinski definition) is 4. The summed E-state index contributed by atoms with van der Waals surface area (Å²) in [6, 6.07) is 13.7. The molecule has 0 radical (unpaired) electrons. The van der Waals surface area contributed by atoms with Crippen LogP contribution in [0.2, 0.25) is 0 Å². The van der Waals surface area contributed by atoms with Crippen LogP contribution in [0.5, 0.6) is 5.75 Å². The number of methoxy groups -OCH3 is 1. The Kier molecular flexibility index (Phi) is 5.12. The van der Waals surface area contributed by atoms with E-state index in [1.165, 1.54) is 17.7 Å². The maximum atomic E-state index is 12.1. The van der Waals surface area contributed by atoms with Gasteiger partial charge in [-0.05, 0) is 16.8 Å². The second-order valence-electron chi connectivity index (χ2n) is 7.14. The molecule has 0 unspecified atom stereocenters. The molecule has 6 nitrogen and oxygen atoms in total. The van der Waals surface area contributed by atoms with Crippen molar-refractivity contribution in [3.63, 3.8) is 0 Å². The zero-order valence-electron chi connectivity index (χ0n) is 15.9. The molecule has 0 atom stereocenters. The van der Waals surface area contributed by atoms with Gasteiger partial charge in [0.25, 0.3) is 0 Å². The van der Waals surface area contributed by atoms with Crippen molar-refractivity contribution in [2.24, 2.45) is 0 Å². The minimum absolute atomic E-state index is 0.0408. The molecule has 28 heavy (non-hydrogen) atoms. The summed E-state index contributed by atoms with van der Waals surface area (Å²) in [7, 11) is 1.34. The number of anilines is 1. The highest BCUT2D eigenvalue weighted by molar-refractivity contribution is 6.00. The summed E-state index contributed by atoms with van der Waals surface area (Å²) in [5, 5.41) is 12.7. The predicted octanol–water partition coefficient (Wildman–Crippen LogP) is 1.05. The molecule has 0 saturated carbocycles. The molecule has 1 aromatic heterocycles. The van der Waals surface area contributed by atoms with Crippen LogP contribution in [0.4, 0.5) is 5.69 Å². The van der Waals surface area contributed by atoms with E-state index in [-0.39, 0.29) is 11.3 Å². The quantitative estimate of drug-likeness (QED) is 0.665. The number of benzene rings is 2. The minimum atomic E-state index is -0.509. The molecule has 0 spiro atoms. The van der Waals surface area contributed by atoms with Crippen LogP contribution in [0.3, 0.4) is 0 Å². The number of aromatic amines is 1. The molecular weight excluding hydrogens is 354 g/mol. The highest BCUT2D eigenvalue weighted by Crippen LogP contribution is 2.31. The number of aromatic hydroxyl groups is 1. The van der Waals surface area contributed by atoms with E-state index in [0.717, 1.165) is 42.5 Å². The molecule has 6 heteroatoms. The molecule has 1 aliphatic heterocycles. The molecule has 0 bridgehead atoms. The molecule has 0 amide bonds. The molecule has 2 aromatic carbocycles. The Morgan fingerprint density at radius 2 is 1.89 bits per heavy atom. The molecule has 4 rings (SSSR count). The molecule has 1 fully saturated rings. The Hall–Kier alpha value is -3.12. The van der Waals surface area contributed by atoms with Crippen LogP contribution < -0.4 is 14.8 Å². The van der Waals surface area contributed by atoms with Gasteiger partial charge in [-0.3, -0.25) is 0 Å². The summed E-state index contributed by atoms with van der Waals surface area (Å²) < 4.78 is 4.86. The summed E-state index contributed by atoms with van der Waals surface area (Å²) >= 11 is 0. The van der Waals surface area contributed by atoms with Gasteiger partial charge in [-0.2, -0.15) is 0 Å². The maximum Gasteiger partial charge on any atom is 0.341 e. The van der Waals surface area contributed by atoms with Gasteiger partial charge in [0.1, 0.15) is 17.9 Å². The first-order valence-electron chi connectivity index (χ1n) is 9.54. The average molecular weight is 379 g/mol. The standard InChI is InChI=1S/C22H23N3O3/c1-28-22(27)19-14-16-4-2-3-5-18(16)20(21(19)26)15-24-10-12-25(13-11-24)17-6-8-23-9-7-17/h2-9,14,26H,10-13,15H2,1H3/p+2. The van der Waals surface area contributed by atoms with Crippen molar-refractivity contribution >= 4 is 22.4 Å². The number of pyridine rings is 1. The fourth-order valence-corrected chi connectivity index (χ4v) is 3.95. The Labute approximate surface area is 164 Å². The summed E-state index contributed by atoms with van der Waals surface area (Å²) in [4.78, 5) is 18.9. The monoisotopic (exact) mass is 379 g/mol. The number of aromatic nitrogens is 1. The Morgan fingerprint density at radius 3 is 2.61 bits per heavy atom. The number of fused-ring (bicyclic) bond motifs is 1. The number of carbonyl (C=O) groups is 1. The molecule has 3 aromatic rings. The van der Waals surface area contributed by atoms with Crippen molar-refractivity contribution < 1.29 is 24.5 Å². The first-order valence-corrected chi connectivity index (χ1v) is 9.54. The third kappa shape index (κ3) is 3.51. The molecular formula is C22H25N3O3+2. The van der Waals surface area contributed by atoms with Crippen molar-refractivity contribution in [3.05, 3.63) is 66.0 Å². The number of ether oxygens (including phenoxy) is 1. The highest BCUT2D eigenvalue weighted by atomic mass is 16.5. The molecule has 144 valence electrons. The zero-order chi connectivity index (χ0) is 19.5. The number of carbonyl (C=O) groups excluding carboxylic acids is 1. The first-order chi connectivity index (χ1) is 13.7. The van der Waals surface area contributed by atoms with Gasteiger partial charge < -0.3 is 19.6 Å². The number of phenolic OH excluding ortho intramolecular Hbond substituents is 1. The lowest BCUT2D eigenvalue weighted by atomic mass is 9.98. The summed E-state index contributed by atoms with van der Waals surface area (Å²) in [6.07, 6.45) is 3.88. The SMILES string of the molecule is COC(=O)c1cc2ccccc2c(C[NH+]2CCN(c3cc[nH+]cc3)CC2)c1O. The van der Waals surface area contributed by atoms with E-state index < -0.39 is 5.97 Å². The van der Waals surface area contributed by atoms with E-state index >= 15 is 0 Å².